The molecule has 1 heterocycles. The summed E-state index contributed by atoms with van der Waals surface area (Å²) in [6, 6.07) is 7.12. The number of nitrogens with one attached hydrogen (secondary N) is 2. The van der Waals surface area contributed by atoms with E-state index in [0.29, 0.717) is 31.7 Å². The molecule has 1 unspecified atom stereocenters. The standard InChI is InChI=1S/C17H26N2O4S/c1-13(2)19-24(21,22)11-15-7-5-4-6-14(15)10-18-16(20)17(3)8-9-23-12-17/h4-7,13,19H,8-12H2,1-3H3,(H,18,20). The first-order valence-electron chi connectivity index (χ1n) is 8.15. The Balaban J connectivity index is 2.05. The molecule has 1 aliphatic heterocycles. The second kappa shape index (κ2) is 7.63. The summed E-state index contributed by atoms with van der Waals surface area (Å²) >= 11 is 0. The molecule has 1 saturated heterocycles. The molecule has 1 amide bonds. The minimum Gasteiger partial charge on any atom is -0.380 e. The number of carbonyl (C=O) groups is 1. The Morgan fingerprint density at radius 2 is 1.96 bits per heavy atom. The fraction of sp³-hybridized carbons (Fsp3) is 0.588. The second-order valence-corrected chi connectivity index (χ2v) is 8.60. The maximum Gasteiger partial charge on any atom is 0.228 e. The van der Waals surface area contributed by atoms with Gasteiger partial charge in [-0.25, -0.2) is 13.1 Å². The van der Waals surface area contributed by atoms with Gasteiger partial charge in [-0.1, -0.05) is 24.3 Å². The zero-order valence-corrected chi connectivity index (χ0v) is 15.3. The Labute approximate surface area is 144 Å². The lowest BCUT2D eigenvalue weighted by molar-refractivity contribution is -0.130. The van der Waals surface area contributed by atoms with Crippen LogP contribution in [0.15, 0.2) is 24.3 Å². The number of hydrogen-bond acceptors (Lipinski definition) is 4. The van der Waals surface area contributed by atoms with Crippen LogP contribution in [0.1, 0.15) is 38.3 Å². The Kier molecular flexibility index (Phi) is 6.01. The first-order valence-corrected chi connectivity index (χ1v) is 9.80. The lowest BCUT2D eigenvalue weighted by atomic mass is 9.89. The zero-order chi connectivity index (χ0) is 17.8. The minimum atomic E-state index is -3.41. The van der Waals surface area contributed by atoms with Crippen LogP contribution in [0.2, 0.25) is 0 Å². The normalized spacial score (nSPS) is 21.2. The highest BCUT2D eigenvalue weighted by atomic mass is 32.2. The molecule has 0 bridgehead atoms. The lowest BCUT2D eigenvalue weighted by Gasteiger charge is -2.21. The third-order valence-corrected chi connectivity index (χ3v) is 5.61. The van der Waals surface area contributed by atoms with E-state index in [-0.39, 0.29) is 17.7 Å². The molecule has 1 aromatic carbocycles. The molecule has 1 fully saturated rings. The molecular formula is C17H26N2O4S. The van der Waals surface area contributed by atoms with Crippen molar-refractivity contribution in [2.45, 2.75) is 45.5 Å². The van der Waals surface area contributed by atoms with Gasteiger partial charge >= 0.3 is 0 Å². The highest BCUT2D eigenvalue weighted by molar-refractivity contribution is 7.88. The van der Waals surface area contributed by atoms with Gasteiger partial charge < -0.3 is 10.1 Å². The summed E-state index contributed by atoms with van der Waals surface area (Å²) < 4.78 is 32.2. The molecule has 0 radical (unpaired) electrons. The van der Waals surface area contributed by atoms with Crippen LogP contribution in [0.4, 0.5) is 0 Å². The smallest absolute Gasteiger partial charge is 0.228 e. The van der Waals surface area contributed by atoms with Crippen LogP contribution in [0, 0.1) is 5.41 Å². The molecule has 24 heavy (non-hydrogen) atoms. The van der Waals surface area contributed by atoms with Crippen LogP contribution in [0.3, 0.4) is 0 Å². The van der Waals surface area contributed by atoms with Gasteiger partial charge in [0.15, 0.2) is 0 Å². The molecule has 7 heteroatoms. The Bertz CT molecular complexity index is 680. The predicted molar refractivity (Wildman–Crippen MR) is 92.7 cm³/mol. The number of sulfonamides is 1. The fourth-order valence-corrected chi connectivity index (χ4v) is 4.20. The van der Waals surface area contributed by atoms with E-state index in [0.717, 1.165) is 5.56 Å². The number of ether oxygens (including phenoxy) is 1. The van der Waals surface area contributed by atoms with Gasteiger partial charge in [0.25, 0.3) is 0 Å². The quantitative estimate of drug-likeness (QED) is 0.778. The molecular weight excluding hydrogens is 328 g/mol. The maximum absolute atomic E-state index is 12.4. The highest BCUT2D eigenvalue weighted by Gasteiger charge is 2.37. The van der Waals surface area contributed by atoms with Crippen molar-refractivity contribution in [2.24, 2.45) is 5.41 Å². The predicted octanol–water partition coefficient (Wildman–Crippen LogP) is 1.56. The third kappa shape index (κ3) is 5.03. The van der Waals surface area contributed by atoms with Crippen molar-refractivity contribution in [3.63, 3.8) is 0 Å². The first kappa shape index (κ1) is 18.9. The molecule has 6 nitrogen and oxygen atoms in total. The molecule has 1 aliphatic rings. The van der Waals surface area contributed by atoms with Crippen molar-refractivity contribution < 1.29 is 17.9 Å². The van der Waals surface area contributed by atoms with Gasteiger partial charge in [-0.3, -0.25) is 4.79 Å². The van der Waals surface area contributed by atoms with Gasteiger partial charge in [0.05, 0.1) is 17.8 Å². The SMILES string of the molecule is CC(C)NS(=O)(=O)Cc1ccccc1CNC(=O)C1(C)CCOC1. The summed E-state index contributed by atoms with van der Waals surface area (Å²) in [7, 11) is -3.41. The number of rotatable bonds is 7. The van der Waals surface area contributed by atoms with Crippen molar-refractivity contribution >= 4 is 15.9 Å². The van der Waals surface area contributed by atoms with Crippen molar-refractivity contribution in [3.05, 3.63) is 35.4 Å². The Morgan fingerprint density at radius 1 is 1.29 bits per heavy atom. The zero-order valence-electron chi connectivity index (χ0n) is 14.5. The minimum absolute atomic E-state index is 0.0574. The van der Waals surface area contributed by atoms with Gasteiger partial charge in [0.2, 0.25) is 15.9 Å². The van der Waals surface area contributed by atoms with E-state index in [4.69, 9.17) is 4.74 Å². The van der Waals surface area contributed by atoms with Gasteiger partial charge in [-0.15, -0.1) is 0 Å². The van der Waals surface area contributed by atoms with Crippen LogP contribution in [0.25, 0.3) is 0 Å². The van der Waals surface area contributed by atoms with E-state index in [1.54, 1.807) is 26.0 Å². The van der Waals surface area contributed by atoms with Crippen LogP contribution in [-0.2, 0) is 31.9 Å². The van der Waals surface area contributed by atoms with Crippen molar-refractivity contribution in [1.82, 2.24) is 10.0 Å². The van der Waals surface area contributed by atoms with Crippen molar-refractivity contribution in [3.8, 4) is 0 Å². The van der Waals surface area contributed by atoms with E-state index >= 15 is 0 Å². The summed E-state index contributed by atoms with van der Waals surface area (Å²) in [5.74, 6) is -0.157. The molecule has 0 aromatic heterocycles. The second-order valence-electron chi connectivity index (χ2n) is 6.85. The first-order chi connectivity index (χ1) is 11.2. The molecule has 2 N–H and O–H groups in total. The maximum atomic E-state index is 12.4. The van der Waals surface area contributed by atoms with Crippen molar-refractivity contribution in [2.75, 3.05) is 13.2 Å². The van der Waals surface area contributed by atoms with Crippen LogP contribution >= 0.6 is 0 Å². The van der Waals surface area contributed by atoms with Crippen molar-refractivity contribution in [1.29, 1.82) is 0 Å². The molecule has 0 saturated carbocycles. The number of hydrogen-bond donors (Lipinski definition) is 2. The van der Waals surface area contributed by atoms with Crippen LogP contribution < -0.4 is 10.0 Å². The highest BCUT2D eigenvalue weighted by Crippen LogP contribution is 2.28. The van der Waals surface area contributed by atoms with Crippen LogP contribution in [0.5, 0.6) is 0 Å². The van der Waals surface area contributed by atoms with E-state index in [1.807, 2.05) is 19.1 Å². The lowest BCUT2D eigenvalue weighted by Crippen LogP contribution is -2.39. The van der Waals surface area contributed by atoms with Crippen LogP contribution in [-0.4, -0.2) is 33.6 Å². The summed E-state index contributed by atoms with van der Waals surface area (Å²) in [6.07, 6.45) is 0.702. The van der Waals surface area contributed by atoms with E-state index < -0.39 is 15.4 Å². The summed E-state index contributed by atoms with van der Waals surface area (Å²) in [4.78, 5) is 12.4. The van der Waals surface area contributed by atoms with Gasteiger partial charge in [-0.2, -0.15) is 0 Å². The topological polar surface area (TPSA) is 84.5 Å². The van der Waals surface area contributed by atoms with Gasteiger partial charge in [0, 0.05) is 19.2 Å². The number of carbonyl (C=O) groups excluding carboxylic acids is 1. The summed E-state index contributed by atoms with van der Waals surface area (Å²) in [5.41, 5.74) is 1.00. The van der Waals surface area contributed by atoms with Gasteiger partial charge in [0.1, 0.15) is 0 Å². The average Bonchev–Trinajstić information content (AvgIpc) is 2.92. The Morgan fingerprint density at radius 3 is 2.54 bits per heavy atom. The summed E-state index contributed by atoms with van der Waals surface area (Å²) in [6.45, 7) is 6.79. The molecule has 0 spiro atoms. The molecule has 1 aromatic rings. The average molecular weight is 354 g/mol. The monoisotopic (exact) mass is 354 g/mol. The number of benzene rings is 1. The van der Waals surface area contributed by atoms with Gasteiger partial charge in [-0.05, 0) is 38.3 Å². The molecule has 0 aliphatic carbocycles. The number of amides is 1. The van der Waals surface area contributed by atoms with E-state index in [2.05, 4.69) is 10.0 Å². The summed E-state index contributed by atoms with van der Waals surface area (Å²) in [5, 5.41) is 2.91. The van der Waals surface area contributed by atoms with E-state index in [9.17, 15) is 13.2 Å². The molecule has 2 rings (SSSR count). The third-order valence-electron chi connectivity index (χ3n) is 4.09. The fourth-order valence-electron chi connectivity index (χ4n) is 2.71. The molecule has 134 valence electrons. The molecule has 1 atom stereocenters. The Hall–Kier alpha value is -1.44. The largest absolute Gasteiger partial charge is 0.380 e. The van der Waals surface area contributed by atoms with E-state index in [1.165, 1.54) is 0 Å².